The van der Waals surface area contributed by atoms with Crippen LogP contribution in [0.15, 0.2) is 97.7 Å². The molecular weight excluding hydrogens is 382 g/mol. The first-order chi connectivity index (χ1) is 15.2. The van der Waals surface area contributed by atoms with Gasteiger partial charge in [0.25, 0.3) is 0 Å². The first-order valence-corrected chi connectivity index (χ1v) is 10.1. The fourth-order valence-corrected chi connectivity index (χ4v) is 3.71. The summed E-state index contributed by atoms with van der Waals surface area (Å²) in [5.74, 6) is 1.15. The zero-order valence-corrected chi connectivity index (χ0v) is 16.9. The number of pyridine rings is 2. The number of fused-ring (bicyclic) bond motifs is 1. The van der Waals surface area contributed by atoms with Crippen LogP contribution in [0.4, 0.5) is 5.82 Å². The van der Waals surface area contributed by atoms with Gasteiger partial charge in [-0.1, -0.05) is 48.5 Å². The van der Waals surface area contributed by atoms with E-state index in [1.54, 1.807) is 6.20 Å². The first-order valence-electron chi connectivity index (χ1n) is 10.1. The van der Waals surface area contributed by atoms with Gasteiger partial charge in [-0.25, -0.2) is 15.0 Å². The van der Waals surface area contributed by atoms with Gasteiger partial charge in [0.15, 0.2) is 11.5 Å². The van der Waals surface area contributed by atoms with E-state index in [0.717, 1.165) is 45.9 Å². The van der Waals surface area contributed by atoms with Crippen molar-refractivity contribution in [2.75, 3.05) is 5.73 Å². The molecule has 2 N–H and O–H groups in total. The standard InChI is InChI=1S/C26H21N5/c1-2-7-18-11-13-20(14-12-18)31-25(21-10-6-17-28-24(21)27)30-23-16-15-22(29-26(23)31)19-8-4-3-5-9-19/h2-6,8-17H,1,7H2,(H2,27,28). The quantitative estimate of drug-likeness (QED) is 0.396. The van der Waals surface area contributed by atoms with E-state index in [-0.39, 0.29) is 0 Å². The average Bonchev–Trinajstić information content (AvgIpc) is 3.19. The first kappa shape index (κ1) is 18.8. The Labute approximate surface area is 180 Å². The molecule has 5 heteroatoms. The molecule has 5 aromatic rings. The lowest BCUT2D eigenvalue weighted by Gasteiger charge is -2.11. The third kappa shape index (κ3) is 3.46. The van der Waals surface area contributed by atoms with Crippen LogP contribution >= 0.6 is 0 Å². The van der Waals surface area contributed by atoms with E-state index in [0.29, 0.717) is 5.82 Å². The molecule has 0 saturated carbocycles. The molecule has 31 heavy (non-hydrogen) atoms. The Morgan fingerprint density at radius 3 is 2.42 bits per heavy atom. The number of imidazole rings is 1. The Hall–Kier alpha value is -4.25. The van der Waals surface area contributed by atoms with Crippen LogP contribution in [-0.2, 0) is 6.42 Å². The summed E-state index contributed by atoms with van der Waals surface area (Å²) in [6.45, 7) is 3.83. The van der Waals surface area contributed by atoms with Crippen molar-refractivity contribution in [2.24, 2.45) is 0 Å². The molecule has 3 aromatic heterocycles. The molecule has 0 aliphatic heterocycles. The lowest BCUT2D eigenvalue weighted by atomic mass is 10.1. The van der Waals surface area contributed by atoms with Crippen LogP contribution in [0.1, 0.15) is 5.56 Å². The highest BCUT2D eigenvalue weighted by molar-refractivity contribution is 5.84. The fourth-order valence-electron chi connectivity index (χ4n) is 3.71. The number of aromatic nitrogens is 4. The average molecular weight is 403 g/mol. The molecule has 0 fully saturated rings. The van der Waals surface area contributed by atoms with E-state index >= 15 is 0 Å². The molecule has 5 nitrogen and oxygen atoms in total. The maximum absolute atomic E-state index is 6.21. The number of hydrogen-bond acceptors (Lipinski definition) is 4. The van der Waals surface area contributed by atoms with Crippen molar-refractivity contribution < 1.29 is 0 Å². The van der Waals surface area contributed by atoms with Gasteiger partial charge in [0.2, 0.25) is 0 Å². The number of rotatable bonds is 5. The predicted molar refractivity (Wildman–Crippen MR) is 126 cm³/mol. The molecule has 0 bridgehead atoms. The molecule has 2 aromatic carbocycles. The van der Waals surface area contributed by atoms with Gasteiger partial charge in [-0.15, -0.1) is 6.58 Å². The summed E-state index contributed by atoms with van der Waals surface area (Å²) in [5.41, 5.74) is 12.7. The van der Waals surface area contributed by atoms with E-state index in [9.17, 15) is 0 Å². The molecule has 0 amide bonds. The van der Waals surface area contributed by atoms with Crippen molar-refractivity contribution in [2.45, 2.75) is 6.42 Å². The predicted octanol–water partition coefficient (Wildman–Crippen LogP) is 5.46. The molecule has 0 radical (unpaired) electrons. The van der Waals surface area contributed by atoms with Crippen molar-refractivity contribution in [3.63, 3.8) is 0 Å². The fraction of sp³-hybridized carbons (Fsp3) is 0.0385. The van der Waals surface area contributed by atoms with E-state index < -0.39 is 0 Å². The van der Waals surface area contributed by atoms with Crippen LogP contribution in [0.3, 0.4) is 0 Å². The minimum absolute atomic E-state index is 0.436. The number of benzene rings is 2. The zero-order valence-electron chi connectivity index (χ0n) is 16.9. The van der Waals surface area contributed by atoms with E-state index in [2.05, 4.69) is 48.0 Å². The smallest absolute Gasteiger partial charge is 0.165 e. The number of nitrogen functional groups attached to an aromatic ring is 1. The number of hydrogen-bond donors (Lipinski definition) is 1. The molecule has 3 heterocycles. The molecule has 5 rings (SSSR count). The van der Waals surface area contributed by atoms with Crippen LogP contribution in [0.2, 0.25) is 0 Å². The van der Waals surface area contributed by atoms with E-state index in [1.165, 1.54) is 5.56 Å². The molecular formula is C26H21N5. The molecule has 150 valence electrons. The van der Waals surface area contributed by atoms with Gasteiger partial charge in [0.05, 0.1) is 11.3 Å². The second-order valence-corrected chi connectivity index (χ2v) is 7.27. The Balaban J connectivity index is 1.77. The topological polar surface area (TPSA) is 69.6 Å². The molecule has 0 atom stereocenters. The van der Waals surface area contributed by atoms with Crippen LogP contribution in [0.5, 0.6) is 0 Å². The van der Waals surface area contributed by atoms with Crippen molar-refractivity contribution in [1.29, 1.82) is 0 Å². The van der Waals surface area contributed by atoms with E-state index in [4.69, 9.17) is 15.7 Å². The number of allylic oxidation sites excluding steroid dienone is 1. The maximum Gasteiger partial charge on any atom is 0.165 e. The van der Waals surface area contributed by atoms with Crippen molar-refractivity contribution in [3.05, 3.63) is 103 Å². The number of nitrogens with two attached hydrogens (primary N) is 1. The molecule has 0 spiro atoms. The molecule has 0 aliphatic rings. The third-order valence-corrected chi connectivity index (χ3v) is 5.23. The molecule has 0 aliphatic carbocycles. The van der Waals surface area contributed by atoms with Gasteiger partial charge >= 0.3 is 0 Å². The van der Waals surface area contributed by atoms with Crippen molar-refractivity contribution >= 4 is 17.0 Å². The van der Waals surface area contributed by atoms with E-state index in [1.807, 2.05) is 53.1 Å². The SMILES string of the molecule is C=CCc1ccc(-n2c(-c3cccnc3N)nc3ccc(-c4ccccc4)nc32)cc1. The van der Waals surface area contributed by atoms with Crippen LogP contribution in [0.25, 0.3) is 39.5 Å². The summed E-state index contributed by atoms with van der Waals surface area (Å²) in [5, 5.41) is 0. The number of nitrogens with zero attached hydrogens (tertiary/aromatic N) is 4. The zero-order chi connectivity index (χ0) is 21.2. The van der Waals surface area contributed by atoms with Gasteiger partial charge in [-0.2, -0.15) is 0 Å². The van der Waals surface area contributed by atoms with Crippen LogP contribution in [-0.4, -0.2) is 19.5 Å². The summed E-state index contributed by atoms with van der Waals surface area (Å²) in [6, 6.07) is 26.3. The van der Waals surface area contributed by atoms with Crippen molar-refractivity contribution in [3.8, 4) is 28.3 Å². The van der Waals surface area contributed by atoms with Crippen LogP contribution < -0.4 is 5.73 Å². The number of anilines is 1. The lowest BCUT2D eigenvalue weighted by Crippen LogP contribution is -2.02. The summed E-state index contributed by atoms with van der Waals surface area (Å²) < 4.78 is 2.05. The monoisotopic (exact) mass is 403 g/mol. The van der Waals surface area contributed by atoms with Gasteiger partial charge in [0.1, 0.15) is 11.3 Å². The highest BCUT2D eigenvalue weighted by Gasteiger charge is 2.18. The minimum atomic E-state index is 0.436. The second kappa shape index (κ2) is 7.88. The second-order valence-electron chi connectivity index (χ2n) is 7.27. The normalized spacial score (nSPS) is 11.0. The van der Waals surface area contributed by atoms with Gasteiger partial charge in [0, 0.05) is 17.4 Å². The Bertz CT molecular complexity index is 1370. The maximum atomic E-state index is 6.21. The summed E-state index contributed by atoms with van der Waals surface area (Å²) in [6.07, 6.45) is 4.41. The summed E-state index contributed by atoms with van der Waals surface area (Å²) in [4.78, 5) is 14.1. The largest absolute Gasteiger partial charge is 0.383 e. The lowest BCUT2D eigenvalue weighted by molar-refractivity contribution is 1.07. The highest BCUT2D eigenvalue weighted by Crippen LogP contribution is 2.31. The Morgan fingerprint density at radius 1 is 0.871 bits per heavy atom. The van der Waals surface area contributed by atoms with Crippen LogP contribution in [0, 0.1) is 0 Å². The van der Waals surface area contributed by atoms with Crippen molar-refractivity contribution in [1.82, 2.24) is 19.5 Å². The third-order valence-electron chi connectivity index (χ3n) is 5.23. The molecule has 0 saturated heterocycles. The van der Waals surface area contributed by atoms with Gasteiger partial charge < -0.3 is 5.73 Å². The Kier molecular flexibility index (Phi) is 4.77. The van der Waals surface area contributed by atoms with Gasteiger partial charge in [-0.05, 0) is 48.4 Å². The minimum Gasteiger partial charge on any atom is -0.383 e. The summed E-state index contributed by atoms with van der Waals surface area (Å²) in [7, 11) is 0. The Morgan fingerprint density at radius 2 is 1.68 bits per heavy atom. The van der Waals surface area contributed by atoms with Gasteiger partial charge in [-0.3, -0.25) is 4.57 Å². The summed E-state index contributed by atoms with van der Waals surface area (Å²) >= 11 is 0. The molecule has 0 unspecified atom stereocenters. The highest BCUT2D eigenvalue weighted by atomic mass is 15.1.